The van der Waals surface area contributed by atoms with E-state index in [-0.39, 0.29) is 38.9 Å². The molecule has 260 valence electrons. The van der Waals surface area contributed by atoms with Crippen molar-refractivity contribution in [3.63, 3.8) is 0 Å². The summed E-state index contributed by atoms with van der Waals surface area (Å²) in [7, 11) is 8.60. The van der Waals surface area contributed by atoms with Crippen LogP contribution in [0.4, 0.5) is 0 Å². The van der Waals surface area contributed by atoms with Crippen LogP contribution in [0.25, 0.3) is 0 Å². The first-order chi connectivity index (χ1) is 20.8. The number of likely N-dealkylation sites (N-methyl/N-ethyl adjacent to an activating group) is 2. The van der Waals surface area contributed by atoms with E-state index < -0.39 is 23.1 Å². The Morgan fingerprint density at radius 1 is 0.674 bits per heavy atom. The minimum atomic E-state index is -1.45. The predicted molar refractivity (Wildman–Crippen MR) is 186 cm³/mol. The highest BCUT2D eigenvalue weighted by molar-refractivity contribution is 7.10. The van der Waals surface area contributed by atoms with Gasteiger partial charge in [0.05, 0.1) is 41.3 Å². The summed E-state index contributed by atoms with van der Waals surface area (Å²) in [6, 6.07) is 7.50. The number of hydrogen-bond acceptors (Lipinski definition) is 8. The summed E-state index contributed by atoms with van der Waals surface area (Å²) < 4.78 is 13.2. The van der Waals surface area contributed by atoms with Crippen molar-refractivity contribution in [2.24, 2.45) is 11.8 Å². The molecule has 2 aliphatic carbocycles. The van der Waals surface area contributed by atoms with Crippen LogP contribution in [-0.4, -0.2) is 97.7 Å². The molecule has 2 N–H and O–H groups in total. The second-order valence-corrected chi connectivity index (χ2v) is 16.7. The molecule has 4 aliphatic rings. The molecule has 2 aromatic rings. The van der Waals surface area contributed by atoms with E-state index in [0.717, 1.165) is 109 Å². The van der Waals surface area contributed by atoms with Crippen molar-refractivity contribution in [1.82, 2.24) is 0 Å². The standard InChI is InChI=1S/2C17H26NO3S.2CH4/c2*1-18(2)10-9-14(12-18)21-16(19)17(20,13-6-3-4-7-13)15-8-5-11-22-15;;/h2*5,8,11,13-14,20H,3-4,6-7,9-10,12H2,1-2H3;2*1H4/q2*+1;;/t14-,17+;14-,17-;;/m00../s1. The first-order valence-corrected chi connectivity index (χ1v) is 18.2. The molecule has 0 aromatic carbocycles. The third kappa shape index (κ3) is 8.42. The number of hydrogen-bond donors (Lipinski definition) is 2. The molecule has 0 radical (unpaired) electrons. The summed E-state index contributed by atoms with van der Waals surface area (Å²) >= 11 is 2.90. The van der Waals surface area contributed by atoms with Gasteiger partial charge in [0.2, 0.25) is 0 Å². The maximum atomic E-state index is 12.8. The number of nitrogens with zero attached hydrogens (tertiary/aromatic N) is 2. The Labute approximate surface area is 285 Å². The van der Waals surface area contributed by atoms with Crippen LogP contribution in [0.3, 0.4) is 0 Å². The molecule has 2 aliphatic heterocycles. The Morgan fingerprint density at radius 3 is 1.28 bits per heavy atom. The van der Waals surface area contributed by atoms with Crippen LogP contribution in [0.2, 0.25) is 0 Å². The number of carbonyl (C=O) groups is 2. The van der Waals surface area contributed by atoms with E-state index in [1.807, 2.05) is 35.0 Å². The smallest absolute Gasteiger partial charge is 0.344 e. The number of quaternary nitrogens is 2. The number of likely N-dealkylation sites (tertiary alicyclic amines) is 2. The monoisotopic (exact) mass is 680 g/mol. The van der Waals surface area contributed by atoms with Gasteiger partial charge in [-0.25, -0.2) is 9.59 Å². The van der Waals surface area contributed by atoms with E-state index in [1.165, 1.54) is 22.7 Å². The molecule has 2 saturated carbocycles. The zero-order valence-electron chi connectivity index (χ0n) is 26.9. The van der Waals surface area contributed by atoms with E-state index in [1.54, 1.807) is 0 Å². The van der Waals surface area contributed by atoms with Crippen LogP contribution < -0.4 is 0 Å². The molecule has 46 heavy (non-hydrogen) atoms. The van der Waals surface area contributed by atoms with Crippen molar-refractivity contribution < 1.29 is 38.2 Å². The Hall–Kier alpha value is -1.82. The number of esters is 2. The number of carbonyl (C=O) groups excluding carboxylic acids is 2. The number of thiophene rings is 2. The highest BCUT2D eigenvalue weighted by atomic mass is 32.1. The maximum absolute atomic E-state index is 12.8. The van der Waals surface area contributed by atoms with Crippen molar-refractivity contribution >= 4 is 34.6 Å². The molecule has 2 saturated heterocycles. The number of rotatable bonds is 8. The lowest BCUT2D eigenvalue weighted by Crippen LogP contribution is -2.45. The predicted octanol–water partition coefficient (Wildman–Crippen LogP) is 6.31. The average molecular weight is 681 g/mol. The van der Waals surface area contributed by atoms with Gasteiger partial charge in [0, 0.05) is 34.4 Å². The minimum absolute atomic E-state index is 0. The topological polar surface area (TPSA) is 93.1 Å². The van der Waals surface area contributed by atoms with Gasteiger partial charge in [-0.15, -0.1) is 22.7 Å². The quantitative estimate of drug-likeness (QED) is 0.251. The second-order valence-electron chi connectivity index (χ2n) is 14.8. The third-order valence-corrected chi connectivity index (χ3v) is 12.4. The van der Waals surface area contributed by atoms with Crippen LogP contribution in [0.1, 0.15) is 88.8 Å². The van der Waals surface area contributed by atoms with Crippen LogP contribution in [0.5, 0.6) is 0 Å². The van der Waals surface area contributed by atoms with E-state index in [9.17, 15) is 19.8 Å². The summed E-state index contributed by atoms with van der Waals surface area (Å²) in [5.41, 5.74) is -2.91. The molecular weight excluding hydrogens is 621 g/mol. The van der Waals surface area contributed by atoms with Gasteiger partial charge >= 0.3 is 11.9 Å². The highest BCUT2D eigenvalue weighted by Gasteiger charge is 2.51. The Morgan fingerprint density at radius 2 is 1.02 bits per heavy atom. The van der Waals surface area contributed by atoms with Gasteiger partial charge in [-0.3, -0.25) is 0 Å². The SMILES string of the molecule is C.C.C[N+]1(C)CC[C@H](OC(=O)[C@@](O)(c2cccs2)C2CCCC2)C1.C[N+]1(C)CC[C@H](OC(=O)[C@](O)(c2cccs2)C2CCCC2)C1. The number of aliphatic hydroxyl groups is 2. The van der Waals surface area contributed by atoms with Gasteiger partial charge in [-0.2, -0.15) is 0 Å². The summed E-state index contributed by atoms with van der Waals surface area (Å²) in [4.78, 5) is 27.2. The fourth-order valence-corrected chi connectivity index (χ4v) is 9.53. The minimum Gasteiger partial charge on any atom is -0.454 e. The normalized spacial score (nSPS) is 26.5. The maximum Gasteiger partial charge on any atom is 0.344 e. The number of ether oxygens (including phenoxy) is 2. The first-order valence-electron chi connectivity index (χ1n) is 16.4. The molecule has 4 atom stereocenters. The molecule has 2 aromatic heterocycles. The fraction of sp³-hybridized carbons (Fsp3) is 0.722. The lowest BCUT2D eigenvalue weighted by atomic mass is 9.84. The summed E-state index contributed by atoms with van der Waals surface area (Å²) in [6.07, 6.45) is 9.53. The van der Waals surface area contributed by atoms with Gasteiger partial charge in [0.25, 0.3) is 0 Å². The van der Waals surface area contributed by atoms with E-state index >= 15 is 0 Å². The Balaban J connectivity index is 0.000000240. The van der Waals surface area contributed by atoms with Gasteiger partial charge in [-0.05, 0) is 48.6 Å². The van der Waals surface area contributed by atoms with Crippen molar-refractivity contribution in [2.75, 3.05) is 54.4 Å². The summed E-state index contributed by atoms with van der Waals surface area (Å²) in [5, 5.41) is 26.4. The van der Waals surface area contributed by atoms with Crippen LogP contribution in [0.15, 0.2) is 35.0 Å². The van der Waals surface area contributed by atoms with Crippen LogP contribution in [-0.2, 0) is 30.3 Å². The molecule has 10 heteroatoms. The van der Waals surface area contributed by atoms with E-state index in [0.29, 0.717) is 0 Å². The molecule has 8 nitrogen and oxygen atoms in total. The molecule has 4 heterocycles. The van der Waals surface area contributed by atoms with Crippen LogP contribution in [0, 0.1) is 11.8 Å². The fourth-order valence-electron chi connectivity index (χ4n) is 7.74. The van der Waals surface area contributed by atoms with Gasteiger partial charge in [0.1, 0.15) is 13.1 Å². The Kier molecular flexibility index (Phi) is 13.1. The third-order valence-electron chi connectivity index (χ3n) is 10.4. The second kappa shape index (κ2) is 15.6. The molecule has 0 spiro atoms. The largest absolute Gasteiger partial charge is 0.454 e. The van der Waals surface area contributed by atoms with Gasteiger partial charge in [-0.1, -0.05) is 52.7 Å². The first kappa shape index (κ1) is 38.6. The van der Waals surface area contributed by atoms with Gasteiger partial charge in [0.15, 0.2) is 23.4 Å². The summed E-state index contributed by atoms with van der Waals surface area (Å²) in [6.45, 7) is 3.69. The average Bonchev–Trinajstić information content (AvgIpc) is 3.82. The van der Waals surface area contributed by atoms with Crippen LogP contribution >= 0.6 is 22.7 Å². The van der Waals surface area contributed by atoms with Crippen molar-refractivity contribution in [2.45, 2.75) is 102 Å². The zero-order chi connectivity index (χ0) is 31.6. The Bertz CT molecular complexity index is 1140. The molecule has 0 amide bonds. The lowest BCUT2D eigenvalue weighted by Gasteiger charge is -2.32. The van der Waals surface area contributed by atoms with E-state index in [2.05, 4.69) is 28.2 Å². The van der Waals surface area contributed by atoms with Gasteiger partial charge < -0.3 is 28.7 Å². The summed E-state index contributed by atoms with van der Waals surface area (Å²) in [5.74, 6) is -0.896. The van der Waals surface area contributed by atoms with Crippen molar-refractivity contribution in [3.05, 3.63) is 44.8 Å². The highest BCUT2D eigenvalue weighted by Crippen LogP contribution is 2.45. The molecule has 6 rings (SSSR count). The van der Waals surface area contributed by atoms with E-state index in [4.69, 9.17) is 9.47 Å². The zero-order valence-corrected chi connectivity index (χ0v) is 28.5. The van der Waals surface area contributed by atoms with Crippen molar-refractivity contribution in [3.8, 4) is 0 Å². The molecule has 0 unspecified atom stereocenters. The lowest BCUT2D eigenvalue weighted by molar-refractivity contribution is -0.879. The van der Waals surface area contributed by atoms with Crippen molar-refractivity contribution in [1.29, 1.82) is 0 Å². The molecular formula is C36H60N2O6S2+2. The molecule has 0 bridgehead atoms. The molecule has 4 fully saturated rings.